The third-order valence-electron chi connectivity index (χ3n) is 3.88. The van der Waals surface area contributed by atoms with Gasteiger partial charge in [-0.1, -0.05) is 36.4 Å². The average molecular weight is 348 g/mol. The number of nitrogens with zero attached hydrogens (tertiary/aromatic N) is 4. The minimum absolute atomic E-state index is 0.217. The van der Waals surface area contributed by atoms with Crippen molar-refractivity contribution in [2.24, 2.45) is 0 Å². The number of aromatic nitrogens is 4. The van der Waals surface area contributed by atoms with E-state index in [4.69, 9.17) is 0 Å². The first-order chi connectivity index (χ1) is 11.9. The third-order valence-corrected chi connectivity index (χ3v) is 3.88. The van der Waals surface area contributed by atoms with Crippen molar-refractivity contribution in [3.05, 3.63) is 71.5 Å². The number of quaternary nitrogens is 1. The third kappa shape index (κ3) is 3.53. The molecule has 1 atom stereocenters. The largest absolute Gasteiger partial charge is 0.416 e. The summed E-state index contributed by atoms with van der Waals surface area (Å²) in [5, 5.41) is 11.7. The molecule has 0 bridgehead atoms. The second kappa shape index (κ2) is 6.64. The van der Waals surface area contributed by atoms with Crippen molar-refractivity contribution in [1.82, 2.24) is 20.2 Å². The zero-order valence-corrected chi connectivity index (χ0v) is 13.7. The number of rotatable bonds is 4. The zero-order chi connectivity index (χ0) is 18.0. The molecule has 2 aromatic carbocycles. The smallest absolute Gasteiger partial charge is 0.327 e. The lowest BCUT2D eigenvalue weighted by atomic mass is 10.1. The molecule has 8 heteroatoms. The molecule has 0 aliphatic rings. The zero-order valence-electron chi connectivity index (χ0n) is 13.7. The second-order valence-corrected chi connectivity index (χ2v) is 5.92. The van der Waals surface area contributed by atoms with Crippen molar-refractivity contribution in [3.8, 4) is 5.69 Å². The Labute approximate surface area is 142 Å². The first kappa shape index (κ1) is 17.1. The van der Waals surface area contributed by atoms with Gasteiger partial charge in [-0.15, -0.1) is 5.10 Å². The number of hydrogen-bond acceptors (Lipinski definition) is 3. The van der Waals surface area contributed by atoms with Crippen molar-refractivity contribution in [3.63, 3.8) is 0 Å². The fraction of sp³-hybridized carbons (Fsp3) is 0.235. The maximum absolute atomic E-state index is 13.0. The molecule has 0 saturated carbocycles. The molecule has 0 fully saturated rings. The SMILES string of the molecule is C[NH+](C)[C@H](c1ccccc1)c1nnnn1-c1cccc(C(F)(F)F)c1. The van der Waals surface area contributed by atoms with Gasteiger partial charge in [-0.05, 0) is 28.6 Å². The summed E-state index contributed by atoms with van der Waals surface area (Å²) in [7, 11) is 3.89. The molecule has 0 spiro atoms. The number of nitrogens with one attached hydrogen (secondary N) is 1. The maximum Gasteiger partial charge on any atom is 0.416 e. The van der Waals surface area contributed by atoms with Crippen molar-refractivity contribution in [2.75, 3.05) is 14.1 Å². The van der Waals surface area contributed by atoms with Gasteiger partial charge in [0.2, 0.25) is 5.82 Å². The molecular weight excluding hydrogens is 331 g/mol. The fourth-order valence-corrected chi connectivity index (χ4v) is 2.76. The van der Waals surface area contributed by atoms with Crippen LogP contribution in [0.3, 0.4) is 0 Å². The molecule has 1 aromatic heterocycles. The fourth-order valence-electron chi connectivity index (χ4n) is 2.76. The number of halogens is 3. The first-order valence-corrected chi connectivity index (χ1v) is 7.69. The molecule has 3 rings (SSSR count). The van der Waals surface area contributed by atoms with Crippen LogP contribution in [-0.4, -0.2) is 34.3 Å². The van der Waals surface area contributed by atoms with Gasteiger partial charge in [0.1, 0.15) is 0 Å². The van der Waals surface area contributed by atoms with E-state index < -0.39 is 11.7 Å². The minimum atomic E-state index is -4.42. The van der Waals surface area contributed by atoms with Crippen molar-refractivity contribution >= 4 is 0 Å². The van der Waals surface area contributed by atoms with Gasteiger partial charge in [-0.2, -0.15) is 17.9 Å². The lowest BCUT2D eigenvalue weighted by Gasteiger charge is -2.21. The highest BCUT2D eigenvalue weighted by molar-refractivity contribution is 5.37. The predicted octanol–water partition coefficient (Wildman–Crippen LogP) is 1.91. The van der Waals surface area contributed by atoms with E-state index >= 15 is 0 Å². The van der Waals surface area contributed by atoms with Crippen LogP contribution in [0.5, 0.6) is 0 Å². The van der Waals surface area contributed by atoms with Crippen molar-refractivity contribution in [2.45, 2.75) is 12.2 Å². The van der Waals surface area contributed by atoms with Gasteiger partial charge < -0.3 is 4.90 Å². The molecule has 0 aliphatic heterocycles. The van der Waals surface area contributed by atoms with Gasteiger partial charge in [0.05, 0.1) is 25.3 Å². The molecular formula is C17H17F3N5+. The summed E-state index contributed by atoms with van der Waals surface area (Å²) >= 11 is 0. The lowest BCUT2D eigenvalue weighted by Crippen LogP contribution is -3.06. The Kier molecular flexibility index (Phi) is 4.54. The summed E-state index contributed by atoms with van der Waals surface area (Å²) in [5.74, 6) is 0.477. The highest BCUT2D eigenvalue weighted by atomic mass is 19.4. The Morgan fingerprint density at radius 1 is 1.00 bits per heavy atom. The van der Waals surface area contributed by atoms with Crippen LogP contribution in [-0.2, 0) is 6.18 Å². The van der Waals surface area contributed by atoms with Gasteiger partial charge in [-0.3, -0.25) is 0 Å². The average Bonchev–Trinajstić information content (AvgIpc) is 3.04. The van der Waals surface area contributed by atoms with Crippen LogP contribution < -0.4 is 4.90 Å². The summed E-state index contributed by atoms with van der Waals surface area (Å²) in [4.78, 5) is 1.04. The molecule has 25 heavy (non-hydrogen) atoms. The molecule has 1 heterocycles. The number of tetrazole rings is 1. The topological polar surface area (TPSA) is 48.0 Å². The predicted molar refractivity (Wildman–Crippen MR) is 85.3 cm³/mol. The van der Waals surface area contributed by atoms with Crippen LogP contribution in [0.4, 0.5) is 13.2 Å². The van der Waals surface area contributed by atoms with Gasteiger partial charge in [0, 0.05) is 5.56 Å². The van der Waals surface area contributed by atoms with Gasteiger partial charge >= 0.3 is 6.18 Å². The number of hydrogen-bond donors (Lipinski definition) is 1. The summed E-state index contributed by atoms with van der Waals surface area (Å²) in [6.07, 6.45) is -4.42. The standard InChI is InChI=1S/C17H16F3N5/c1-24(2)15(12-7-4-3-5-8-12)16-21-22-23-25(16)14-10-6-9-13(11-14)17(18,19)20/h3-11,15H,1-2H3/p+1/t15-/m1/s1. The number of alkyl halides is 3. The maximum atomic E-state index is 13.0. The Balaban J connectivity index is 2.09. The van der Waals surface area contributed by atoms with E-state index in [2.05, 4.69) is 15.5 Å². The quantitative estimate of drug-likeness (QED) is 0.784. The molecule has 0 radical (unpaired) electrons. The highest BCUT2D eigenvalue weighted by Gasteiger charge is 2.32. The molecule has 0 saturated heterocycles. The monoisotopic (exact) mass is 348 g/mol. The van der Waals surface area contributed by atoms with Crippen LogP contribution in [0.2, 0.25) is 0 Å². The van der Waals surface area contributed by atoms with Crippen LogP contribution in [0.25, 0.3) is 5.69 Å². The molecule has 3 aromatic rings. The van der Waals surface area contributed by atoms with E-state index in [1.54, 1.807) is 6.07 Å². The van der Waals surface area contributed by atoms with Crippen LogP contribution in [0.1, 0.15) is 23.0 Å². The summed E-state index contributed by atoms with van der Waals surface area (Å²) in [6, 6.07) is 14.4. The van der Waals surface area contributed by atoms with Crippen LogP contribution >= 0.6 is 0 Å². The van der Waals surface area contributed by atoms with E-state index in [1.165, 1.54) is 10.7 Å². The van der Waals surface area contributed by atoms with Crippen LogP contribution in [0, 0.1) is 0 Å². The van der Waals surface area contributed by atoms with E-state index in [9.17, 15) is 13.2 Å². The molecule has 130 valence electrons. The summed E-state index contributed by atoms with van der Waals surface area (Å²) in [5.41, 5.74) is 0.516. The summed E-state index contributed by atoms with van der Waals surface area (Å²) < 4.78 is 40.4. The normalized spacial score (nSPS) is 13.2. The Bertz CT molecular complexity index is 843. The van der Waals surface area contributed by atoms with E-state index in [-0.39, 0.29) is 11.7 Å². The van der Waals surface area contributed by atoms with Crippen LogP contribution in [0.15, 0.2) is 54.6 Å². The first-order valence-electron chi connectivity index (χ1n) is 7.69. The van der Waals surface area contributed by atoms with Gasteiger partial charge in [0.25, 0.3) is 0 Å². The van der Waals surface area contributed by atoms with E-state index in [0.29, 0.717) is 5.82 Å². The Hall–Kier alpha value is -2.74. The van der Waals surface area contributed by atoms with Crippen molar-refractivity contribution in [1.29, 1.82) is 0 Å². The molecule has 0 amide bonds. The minimum Gasteiger partial charge on any atom is -0.327 e. The Morgan fingerprint density at radius 3 is 2.36 bits per heavy atom. The molecule has 0 unspecified atom stereocenters. The summed E-state index contributed by atoms with van der Waals surface area (Å²) in [6.45, 7) is 0. The van der Waals surface area contributed by atoms with E-state index in [1.807, 2.05) is 44.4 Å². The molecule has 0 aliphatic carbocycles. The van der Waals surface area contributed by atoms with E-state index in [0.717, 1.165) is 22.6 Å². The molecule has 5 nitrogen and oxygen atoms in total. The molecule has 1 N–H and O–H groups in total. The van der Waals surface area contributed by atoms with Gasteiger partial charge in [0.15, 0.2) is 6.04 Å². The lowest BCUT2D eigenvalue weighted by molar-refractivity contribution is -0.886. The highest BCUT2D eigenvalue weighted by Crippen LogP contribution is 2.30. The number of benzene rings is 2. The second-order valence-electron chi connectivity index (χ2n) is 5.92. The van der Waals surface area contributed by atoms with Crippen molar-refractivity contribution < 1.29 is 18.1 Å². The van der Waals surface area contributed by atoms with Gasteiger partial charge in [-0.25, -0.2) is 0 Å². The Morgan fingerprint density at radius 2 is 1.72 bits per heavy atom.